The Labute approximate surface area is 184 Å². The molecule has 0 fully saturated rings. The van der Waals surface area contributed by atoms with Crippen LogP contribution in [0.25, 0.3) is 22.6 Å². The van der Waals surface area contributed by atoms with Crippen molar-refractivity contribution < 1.29 is 13.6 Å². The average molecular weight is 434 g/mol. The highest BCUT2D eigenvalue weighted by Gasteiger charge is 2.13. The number of oxazole rings is 1. The fraction of sp³-hybridized carbons (Fsp3) is 0.125. The molecule has 0 bridgehead atoms. The molecular weight excluding hydrogens is 413 g/mol. The van der Waals surface area contributed by atoms with Gasteiger partial charge in [-0.25, -0.2) is 9.37 Å². The van der Waals surface area contributed by atoms with E-state index in [-0.39, 0.29) is 10.7 Å². The molecule has 0 atom stereocenters. The molecule has 7 heteroatoms. The summed E-state index contributed by atoms with van der Waals surface area (Å²) in [6.07, 6.45) is 0. The van der Waals surface area contributed by atoms with Crippen LogP contribution in [-0.4, -0.2) is 16.0 Å². The van der Waals surface area contributed by atoms with Gasteiger partial charge in [-0.1, -0.05) is 38.1 Å². The highest BCUT2D eigenvalue weighted by Crippen LogP contribution is 2.27. The highest BCUT2D eigenvalue weighted by molar-refractivity contribution is 7.80. The van der Waals surface area contributed by atoms with E-state index in [1.165, 1.54) is 23.8 Å². The van der Waals surface area contributed by atoms with Gasteiger partial charge in [-0.05, 0) is 66.2 Å². The van der Waals surface area contributed by atoms with Crippen molar-refractivity contribution >= 4 is 40.0 Å². The van der Waals surface area contributed by atoms with Crippen LogP contribution in [0.1, 0.15) is 35.7 Å². The second-order valence-electron chi connectivity index (χ2n) is 7.37. The Hall–Kier alpha value is -3.58. The number of benzene rings is 3. The van der Waals surface area contributed by atoms with E-state index >= 15 is 0 Å². The first kappa shape index (κ1) is 20.7. The number of anilines is 1. The summed E-state index contributed by atoms with van der Waals surface area (Å²) in [4.78, 5) is 16.8. The Morgan fingerprint density at radius 2 is 1.81 bits per heavy atom. The molecule has 5 nitrogen and oxygen atoms in total. The van der Waals surface area contributed by atoms with Crippen LogP contribution in [0.4, 0.5) is 10.1 Å². The van der Waals surface area contributed by atoms with Gasteiger partial charge in [-0.2, -0.15) is 0 Å². The van der Waals surface area contributed by atoms with Gasteiger partial charge in [0.05, 0.1) is 5.56 Å². The molecule has 1 heterocycles. The van der Waals surface area contributed by atoms with Crippen LogP contribution in [0.15, 0.2) is 71.1 Å². The molecule has 0 saturated heterocycles. The third-order valence-corrected chi connectivity index (χ3v) is 5.02. The van der Waals surface area contributed by atoms with Crippen molar-refractivity contribution in [3.63, 3.8) is 0 Å². The standard InChI is InChI=1S/C24H20FN3O2S/c1-14(2)15-7-9-16(10-8-15)23-27-20-13-17(11-12-21(20)30-23)26-24(31)28-22(29)18-5-3-4-6-19(18)25/h3-14H,1-2H3,(H2,26,28,29,31). The van der Waals surface area contributed by atoms with E-state index in [4.69, 9.17) is 16.6 Å². The quantitative estimate of drug-likeness (QED) is 0.393. The molecule has 2 N–H and O–H groups in total. The topological polar surface area (TPSA) is 67.2 Å². The van der Waals surface area contributed by atoms with Crippen molar-refractivity contribution in [2.24, 2.45) is 0 Å². The van der Waals surface area contributed by atoms with Crippen molar-refractivity contribution in [1.29, 1.82) is 0 Å². The summed E-state index contributed by atoms with van der Waals surface area (Å²) < 4.78 is 19.6. The van der Waals surface area contributed by atoms with Crippen LogP contribution >= 0.6 is 12.2 Å². The number of fused-ring (bicyclic) bond motifs is 1. The van der Waals surface area contributed by atoms with E-state index in [9.17, 15) is 9.18 Å². The third-order valence-electron chi connectivity index (χ3n) is 4.82. The summed E-state index contributed by atoms with van der Waals surface area (Å²) in [6.45, 7) is 4.29. The first-order chi connectivity index (χ1) is 14.9. The first-order valence-corrected chi connectivity index (χ1v) is 10.2. The molecule has 31 heavy (non-hydrogen) atoms. The summed E-state index contributed by atoms with van der Waals surface area (Å²) in [5.41, 5.74) is 3.97. The fourth-order valence-corrected chi connectivity index (χ4v) is 3.33. The van der Waals surface area contributed by atoms with Crippen LogP contribution in [0, 0.1) is 5.82 Å². The first-order valence-electron chi connectivity index (χ1n) is 9.78. The number of amides is 1. The number of nitrogens with one attached hydrogen (secondary N) is 2. The number of rotatable bonds is 4. The number of aromatic nitrogens is 1. The van der Waals surface area contributed by atoms with Crippen LogP contribution in [0.3, 0.4) is 0 Å². The summed E-state index contributed by atoms with van der Waals surface area (Å²) in [7, 11) is 0. The minimum atomic E-state index is -0.620. The van der Waals surface area contributed by atoms with E-state index in [0.29, 0.717) is 28.6 Å². The maximum atomic E-state index is 13.8. The molecule has 1 aromatic heterocycles. The molecular formula is C24H20FN3O2S. The Balaban J connectivity index is 1.48. The molecule has 156 valence electrons. The lowest BCUT2D eigenvalue weighted by Crippen LogP contribution is -2.34. The lowest BCUT2D eigenvalue weighted by Gasteiger charge is -2.09. The second kappa shape index (κ2) is 8.65. The van der Waals surface area contributed by atoms with Gasteiger partial charge >= 0.3 is 0 Å². The highest BCUT2D eigenvalue weighted by atomic mass is 32.1. The van der Waals surface area contributed by atoms with Gasteiger partial charge in [0.2, 0.25) is 5.89 Å². The van der Waals surface area contributed by atoms with Gasteiger partial charge in [0, 0.05) is 11.3 Å². The molecule has 0 spiro atoms. The molecule has 4 aromatic rings. The van der Waals surface area contributed by atoms with E-state index in [1.807, 2.05) is 12.1 Å². The molecule has 4 rings (SSSR count). The average Bonchev–Trinajstić information content (AvgIpc) is 3.17. The molecule has 1 amide bonds. The van der Waals surface area contributed by atoms with Crippen molar-refractivity contribution in [3.8, 4) is 11.5 Å². The van der Waals surface area contributed by atoms with Crippen molar-refractivity contribution in [2.45, 2.75) is 19.8 Å². The van der Waals surface area contributed by atoms with Crippen LogP contribution < -0.4 is 10.6 Å². The van der Waals surface area contributed by atoms with Gasteiger partial charge in [0.25, 0.3) is 5.91 Å². The summed E-state index contributed by atoms with van der Waals surface area (Å²) in [6, 6.07) is 19.1. The summed E-state index contributed by atoms with van der Waals surface area (Å²) in [5.74, 6) is -0.252. The van der Waals surface area contributed by atoms with Crippen LogP contribution in [0.2, 0.25) is 0 Å². The monoisotopic (exact) mass is 433 g/mol. The van der Waals surface area contributed by atoms with Gasteiger partial charge in [-0.3, -0.25) is 10.1 Å². The van der Waals surface area contributed by atoms with Crippen molar-refractivity contribution in [3.05, 3.63) is 83.7 Å². The Kier molecular flexibility index (Phi) is 5.77. The van der Waals surface area contributed by atoms with Crippen molar-refractivity contribution in [2.75, 3.05) is 5.32 Å². The van der Waals surface area contributed by atoms with Crippen LogP contribution in [-0.2, 0) is 0 Å². The minimum Gasteiger partial charge on any atom is -0.436 e. The lowest BCUT2D eigenvalue weighted by atomic mass is 10.0. The van der Waals surface area contributed by atoms with Gasteiger partial charge in [0.1, 0.15) is 11.3 Å². The Morgan fingerprint density at radius 3 is 2.52 bits per heavy atom. The zero-order chi connectivity index (χ0) is 22.0. The van der Waals surface area contributed by atoms with Gasteiger partial charge in [0.15, 0.2) is 10.7 Å². The van der Waals surface area contributed by atoms with E-state index < -0.39 is 11.7 Å². The largest absolute Gasteiger partial charge is 0.436 e. The number of thiocarbonyl (C=S) groups is 1. The van der Waals surface area contributed by atoms with Gasteiger partial charge < -0.3 is 9.73 Å². The number of hydrogen-bond donors (Lipinski definition) is 2. The smallest absolute Gasteiger partial charge is 0.260 e. The molecule has 0 radical (unpaired) electrons. The normalized spacial score (nSPS) is 11.0. The maximum Gasteiger partial charge on any atom is 0.260 e. The fourth-order valence-electron chi connectivity index (χ4n) is 3.12. The van der Waals surface area contributed by atoms with E-state index in [0.717, 1.165) is 5.56 Å². The number of carbonyl (C=O) groups is 1. The predicted octanol–water partition coefficient (Wildman–Crippen LogP) is 5.88. The van der Waals surface area contributed by atoms with Crippen LogP contribution in [0.5, 0.6) is 0 Å². The zero-order valence-corrected chi connectivity index (χ0v) is 17.8. The molecule has 0 aliphatic carbocycles. The second-order valence-corrected chi connectivity index (χ2v) is 7.77. The number of hydrogen-bond acceptors (Lipinski definition) is 4. The minimum absolute atomic E-state index is 0.0561. The zero-order valence-electron chi connectivity index (χ0n) is 17.0. The van der Waals surface area contributed by atoms with E-state index in [1.54, 1.807) is 24.3 Å². The van der Waals surface area contributed by atoms with Crippen molar-refractivity contribution in [1.82, 2.24) is 10.3 Å². The third kappa shape index (κ3) is 4.62. The molecule has 0 aliphatic rings. The number of carbonyl (C=O) groups excluding carboxylic acids is 1. The maximum absolute atomic E-state index is 13.8. The molecule has 0 saturated carbocycles. The number of nitrogens with zero attached hydrogens (tertiary/aromatic N) is 1. The molecule has 3 aromatic carbocycles. The SMILES string of the molecule is CC(C)c1ccc(-c2nc3cc(NC(=S)NC(=O)c4ccccc4F)ccc3o2)cc1. The summed E-state index contributed by atoms with van der Waals surface area (Å²) >= 11 is 5.18. The van der Waals surface area contributed by atoms with Gasteiger partial charge in [-0.15, -0.1) is 0 Å². The number of halogens is 1. The predicted molar refractivity (Wildman–Crippen MR) is 124 cm³/mol. The Bertz CT molecular complexity index is 1270. The Morgan fingerprint density at radius 1 is 1.06 bits per heavy atom. The van der Waals surface area contributed by atoms with E-state index in [2.05, 4.69) is 41.6 Å². The molecule has 0 aliphatic heterocycles. The molecule has 0 unspecified atom stereocenters. The lowest BCUT2D eigenvalue weighted by molar-refractivity contribution is 0.0974. The summed E-state index contributed by atoms with van der Waals surface area (Å²) in [5, 5.41) is 5.45.